The summed E-state index contributed by atoms with van der Waals surface area (Å²) in [6.07, 6.45) is 4.09. The minimum Gasteiger partial charge on any atom is -0.463 e. The van der Waals surface area contributed by atoms with E-state index in [9.17, 15) is 9.59 Å². The SMILES string of the molecule is CCCCCC(C)OC(=O)CCC(=O)Oc1ccc(Cl)cc1C. The van der Waals surface area contributed by atoms with Crippen LogP contribution in [-0.2, 0) is 14.3 Å². The Balaban J connectivity index is 2.31. The van der Waals surface area contributed by atoms with Gasteiger partial charge in [-0.3, -0.25) is 9.59 Å². The molecule has 0 fully saturated rings. The third-order valence-corrected chi connectivity index (χ3v) is 3.68. The number of rotatable bonds is 9. The van der Waals surface area contributed by atoms with Crippen LogP contribution in [0.4, 0.5) is 0 Å². The molecular formula is C18H25ClO4. The predicted molar refractivity (Wildman–Crippen MR) is 90.8 cm³/mol. The van der Waals surface area contributed by atoms with E-state index in [-0.39, 0.29) is 24.9 Å². The van der Waals surface area contributed by atoms with Crippen molar-refractivity contribution in [3.8, 4) is 5.75 Å². The third kappa shape index (κ3) is 8.03. The molecule has 128 valence electrons. The van der Waals surface area contributed by atoms with Crippen molar-refractivity contribution < 1.29 is 19.1 Å². The Morgan fingerprint density at radius 3 is 2.52 bits per heavy atom. The minimum absolute atomic E-state index is 0.00256. The number of hydrogen-bond acceptors (Lipinski definition) is 4. The minimum atomic E-state index is -0.453. The molecule has 1 aromatic carbocycles. The second kappa shape index (κ2) is 10.3. The van der Waals surface area contributed by atoms with Gasteiger partial charge < -0.3 is 9.47 Å². The van der Waals surface area contributed by atoms with Gasteiger partial charge in [0, 0.05) is 5.02 Å². The third-order valence-electron chi connectivity index (χ3n) is 3.44. The maximum atomic E-state index is 11.8. The summed E-state index contributed by atoms with van der Waals surface area (Å²) in [6, 6.07) is 5.02. The predicted octanol–water partition coefficient (Wildman–Crippen LogP) is 4.85. The van der Waals surface area contributed by atoms with Crippen molar-refractivity contribution in [2.75, 3.05) is 0 Å². The normalized spacial score (nSPS) is 11.8. The molecule has 0 saturated heterocycles. The van der Waals surface area contributed by atoms with E-state index in [1.54, 1.807) is 25.1 Å². The molecule has 1 rings (SSSR count). The number of esters is 2. The lowest BCUT2D eigenvalue weighted by atomic mass is 10.1. The quantitative estimate of drug-likeness (QED) is 0.366. The molecule has 4 nitrogen and oxygen atoms in total. The lowest BCUT2D eigenvalue weighted by Gasteiger charge is -2.13. The summed E-state index contributed by atoms with van der Waals surface area (Å²) in [5.41, 5.74) is 0.776. The van der Waals surface area contributed by atoms with E-state index in [4.69, 9.17) is 21.1 Å². The molecule has 0 amide bonds. The maximum absolute atomic E-state index is 11.8. The maximum Gasteiger partial charge on any atom is 0.311 e. The first kappa shape index (κ1) is 19.5. The zero-order chi connectivity index (χ0) is 17.2. The summed E-state index contributed by atoms with van der Waals surface area (Å²) in [6.45, 7) is 5.81. The first-order chi connectivity index (χ1) is 10.9. The number of benzene rings is 1. The van der Waals surface area contributed by atoms with Crippen LogP contribution in [0.2, 0.25) is 5.02 Å². The molecule has 0 aliphatic rings. The van der Waals surface area contributed by atoms with Gasteiger partial charge in [-0.2, -0.15) is 0 Å². The second-order valence-electron chi connectivity index (χ2n) is 5.68. The zero-order valence-corrected chi connectivity index (χ0v) is 14.8. The molecule has 1 aromatic rings. The van der Waals surface area contributed by atoms with Crippen molar-refractivity contribution in [2.24, 2.45) is 0 Å². The van der Waals surface area contributed by atoms with Crippen LogP contribution >= 0.6 is 11.6 Å². The molecule has 0 heterocycles. The highest BCUT2D eigenvalue weighted by molar-refractivity contribution is 6.30. The molecule has 0 saturated carbocycles. The van der Waals surface area contributed by atoms with Crippen molar-refractivity contribution in [2.45, 2.75) is 65.4 Å². The molecular weight excluding hydrogens is 316 g/mol. The van der Waals surface area contributed by atoms with E-state index in [0.717, 1.165) is 31.2 Å². The van der Waals surface area contributed by atoms with E-state index < -0.39 is 5.97 Å². The van der Waals surface area contributed by atoms with Crippen LogP contribution in [0.5, 0.6) is 5.75 Å². The smallest absolute Gasteiger partial charge is 0.311 e. The summed E-state index contributed by atoms with van der Waals surface area (Å²) < 4.78 is 10.5. The summed E-state index contributed by atoms with van der Waals surface area (Å²) in [5.74, 6) is -0.356. The Kier molecular flexibility index (Phi) is 8.70. The zero-order valence-electron chi connectivity index (χ0n) is 14.1. The average molecular weight is 341 g/mol. The Morgan fingerprint density at radius 1 is 1.17 bits per heavy atom. The summed E-state index contributed by atoms with van der Waals surface area (Å²) in [7, 11) is 0. The average Bonchev–Trinajstić information content (AvgIpc) is 2.48. The fraction of sp³-hybridized carbons (Fsp3) is 0.556. The van der Waals surface area contributed by atoms with Crippen molar-refractivity contribution in [3.05, 3.63) is 28.8 Å². The highest BCUT2D eigenvalue weighted by atomic mass is 35.5. The lowest BCUT2D eigenvalue weighted by molar-refractivity contribution is -0.151. The lowest BCUT2D eigenvalue weighted by Crippen LogP contribution is -2.17. The van der Waals surface area contributed by atoms with Gasteiger partial charge in [0.1, 0.15) is 5.75 Å². The van der Waals surface area contributed by atoms with Gasteiger partial charge in [-0.05, 0) is 50.5 Å². The van der Waals surface area contributed by atoms with E-state index in [1.807, 2.05) is 6.92 Å². The summed E-state index contributed by atoms with van der Waals surface area (Å²) in [4.78, 5) is 23.5. The van der Waals surface area contributed by atoms with Crippen LogP contribution in [0.1, 0.15) is 57.9 Å². The summed E-state index contributed by atoms with van der Waals surface area (Å²) >= 11 is 5.85. The highest BCUT2D eigenvalue weighted by Gasteiger charge is 2.13. The molecule has 0 aromatic heterocycles. The number of halogens is 1. The van der Waals surface area contributed by atoms with Gasteiger partial charge in [0.15, 0.2) is 0 Å². The van der Waals surface area contributed by atoms with Crippen molar-refractivity contribution in [1.82, 2.24) is 0 Å². The fourth-order valence-corrected chi connectivity index (χ4v) is 2.36. The van der Waals surface area contributed by atoms with Crippen molar-refractivity contribution >= 4 is 23.5 Å². The fourth-order valence-electron chi connectivity index (χ4n) is 2.13. The molecule has 1 unspecified atom stereocenters. The van der Waals surface area contributed by atoms with Gasteiger partial charge in [0.05, 0.1) is 18.9 Å². The molecule has 1 atom stereocenters. The van der Waals surface area contributed by atoms with Gasteiger partial charge in [-0.25, -0.2) is 0 Å². The monoisotopic (exact) mass is 340 g/mol. The molecule has 0 aliphatic heterocycles. The Hall–Kier alpha value is -1.55. The van der Waals surface area contributed by atoms with Crippen molar-refractivity contribution in [3.63, 3.8) is 0 Å². The number of aryl methyl sites for hydroxylation is 1. The topological polar surface area (TPSA) is 52.6 Å². The standard InChI is InChI=1S/C18H25ClO4/c1-4-5-6-7-14(3)22-17(20)10-11-18(21)23-16-9-8-15(19)12-13(16)2/h8-9,12,14H,4-7,10-11H2,1-3H3. The highest BCUT2D eigenvalue weighted by Crippen LogP contribution is 2.22. The number of ether oxygens (including phenoxy) is 2. The van der Waals surface area contributed by atoms with Crippen LogP contribution in [0, 0.1) is 6.92 Å². The van der Waals surface area contributed by atoms with Crippen LogP contribution in [0.3, 0.4) is 0 Å². The number of hydrogen-bond donors (Lipinski definition) is 0. The van der Waals surface area contributed by atoms with Crippen LogP contribution < -0.4 is 4.74 Å². The van der Waals surface area contributed by atoms with E-state index in [2.05, 4.69) is 6.92 Å². The van der Waals surface area contributed by atoms with E-state index in [1.165, 1.54) is 0 Å². The van der Waals surface area contributed by atoms with Crippen LogP contribution in [-0.4, -0.2) is 18.0 Å². The second-order valence-corrected chi connectivity index (χ2v) is 6.12. The van der Waals surface area contributed by atoms with Crippen LogP contribution in [0.15, 0.2) is 18.2 Å². The van der Waals surface area contributed by atoms with Crippen LogP contribution in [0.25, 0.3) is 0 Å². The van der Waals surface area contributed by atoms with Gasteiger partial charge in [0.25, 0.3) is 0 Å². The van der Waals surface area contributed by atoms with Gasteiger partial charge in [-0.1, -0.05) is 31.4 Å². The Morgan fingerprint density at radius 2 is 1.87 bits per heavy atom. The first-order valence-corrected chi connectivity index (χ1v) is 8.46. The number of unbranched alkanes of at least 4 members (excludes halogenated alkanes) is 2. The Bertz CT molecular complexity index is 528. The molecule has 0 aliphatic carbocycles. The van der Waals surface area contributed by atoms with Crippen molar-refractivity contribution in [1.29, 1.82) is 0 Å². The summed E-state index contributed by atoms with van der Waals surface area (Å²) in [5, 5.41) is 0.586. The Labute approximate surface area is 143 Å². The molecule has 0 bridgehead atoms. The van der Waals surface area contributed by atoms with E-state index >= 15 is 0 Å². The molecule has 0 N–H and O–H groups in total. The first-order valence-electron chi connectivity index (χ1n) is 8.08. The molecule has 0 radical (unpaired) electrons. The molecule has 5 heteroatoms. The molecule has 23 heavy (non-hydrogen) atoms. The van der Waals surface area contributed by atoms with Gasteiger partial charge >= 0.3 is 11.9 Å². The largest absolute Gasteiger partial charge is 0.463 e. The van der Waals surface area contributed by atoms with Gasteiger partial charge in [0.2, 0.25) is 0 Å². The molecule has 0 spiro atoms. The van der Waals surface area contributed by atoms with E-state index in [0.29, 0.717) is 10.8 Å². The number of carbonyl (C=O) groups excluding carboxylic acids is 2. The number of carbonyl (C=O) groups is 2. The van der Waals surface area contributed by atoms with Gasteiger partial charge in [-0.15, -0.1) is 0 Å².